The molecule has 0 bridgehead atoms. The Bertz CT molecular complexity index is 1180. The van der Waals surface area contributed by atoms with Gasteiger partial charge in [-0.1, -0.05) is 24.3 Å². The molecule has 3 aromatic carbocycles. The highest BCUT2D eigenvalue weighted by molar-refractivity contribution is 5.87. The molecule has 3 rings (SSSR count). The third-order valence-corrected chi connectivity index (χ3v) is 4.59. The van der Waals surface area contributed by atoms with E-state index in [0.717, 1.165) is 0 Å². The third-order valence-electron chi connectivity index (χ3n) is 4.59. The number of carboxylic acids is 1. The van der Waals surface area contributed by atoms with Crippen LogP contribution in [0.2, 0.25) is 0 Å². The van der Waals surface area contributed by atoms with Crippen LogP contribution in [0.4, 0.5) is 0 Å². The molecule has 0 aliphatic carbocycles. The molecular formula is C25H24N2O7. The molecule has 3 aromatic rings. The summed E-state index contributed by atoms with van der Waals surface area (Å²) in [4.78, 5) is 23.1. The number of hydrazone groups is 1. The summed E-state index contributed by atoms with van der Waals surface area (Å²) in [6.07, 6.45) is 1.46. The molecule has 0 aliphatic rings. The number of rotatable bonds is 11. The second-order valence-electron chi connectivity index (χ2n) is 6.94. The van der Waals surface area contributed by atoms with Crippen LogP contribution in [0, 0.1) is 0 Å². The van der Waals surface area contributed by atoms with Gasteiger partial charge in [-0.05, 0) is 53.6 Å². The minimum atomic E-state index is -0.999. The number of hydrogen-bond acceptors (Lipinski definition) is 7. The van der Waals surface area contributed by atoms with Crippen LogP contribution in [-0.4, -0.2) is 44.0 Å². The maximum absolute atomic E-state index is 12.0. The average Bonchev–Trinajstić information content (AvgIpc) is 2.86. The smallest absolute Gasteiger partial charge is 0.335 e. The fourth-order valence-electron chi connectivity index (χ4n) is 2.93. The number of methoxy groups -OCH3 is 2. The van der Waals surface area contributed by atoms with Gasteiger partial charge >= 0.3 is 5.97 Å². The lowest BCUT2D eigenvalue weighted by atomic mass is 10.1. The van der Waals surface area contributed by atoms with Crippen molar-refractivity contribution in [3.63, 3.8) is 0 Å². The minimum Gasteiger partial charge on any atom is -0.493 e. The summed E-state index contributed by atoms with van der Waals surface area (Å²) >= 11 is 0. The molecule has 0 aromatic heterocycles. The molecule has 9 heteroatoms. The summed E-state index contributed by atoms with van der Waals surface area (Å²) in [7, 11) is 3.03. The summed E-state index contributed by atoms with van der Waals surface area (Å²) in [5, 5.41) is 13.0. The van der Waals surface area contributed by atoms with E-state index in [4.69, 9.17) is 24.1 Å². The predicted molar refractivity (Wildman–Crippen MR) is 125 cm³/mol. The molecule has 34 heavy (non-hydrogen) atoms. The topological polar surface area (TPSA) is 116 Å². The molecule has 9 nitrogen and oxygen atoms in total. The first-order chi connectivity index (χ1) is 16.5. The van der Waals surface area contributed by atoms with Crippen LogP contribution in [0.15, 0.2) is 71.8 Å². The van der Waals surface area contributed by atoms with Crippen LogP contribution in [-0.2, 0) is 11.4 Å². The Labute approximate surface area is 196 Å². The number of aromatic carboxylic acids is 1. The van der Waals surface area contributed by atoms with Gasteiger partial charge in [-0.3, -0.25) is 4.79 Å². The van der Waals surface area contributed by atoms with E-state index in [1.807, 2.05) is 0 Å². The van der Waals surface area contributed by atoms with Crippen molar-refractivity contribution in [2.45, 2.75) is 6.61 Å². The largest absolute Gasteiger partial charge is 0.493 e. The standard InChI is InChI=1S/C25H24N2O7/c1-31-20-8-3-4-9-21(20)34-16-24(28)27-26-14-17-10-11-22(23(13-17)32-2)33-15-18-6-5-7-19(12-18)25(29)30/h3-14H,15-16H2,1-2H3,(H,27,28)(H,29,30)/b26-14+. The number of ether oxygens (including phenoxy) is 4. The van der Waals surface area contributed by atoms with Crippen molar-refractivity contribution in [2.24, 2.45) is 5.10 Å². The lowest BCUT2D eigenvalue weighted by Crippen LogP contribution is -2.24. The fraction of sp³-hybridized carbons (Fsp3) is 0.160. The molecule has 0 saturated carbocycles. The van der Waals surface area contributed by atoms with Crippen molar-refractivity contribution in [2.75, 3.05) is 20.8 Å². The summed E-state index contributed by atoms with van der Waals surface area (Å²) < 4.78 is 21.8. The molecule has 1 amide bonds. The van der Waals surface area contributed by atoms with Crippen LogP contribution < -0.4 is 24.4 Å². The summed E-state index contributed by atoms with van der Waals surface area (Å²) in [5.74, 6) is 0.500. The van der Waals surface area contributed by atoms with E-state index >= 15 is 0 Å². The van der Waals surface area contributed by atoms with Gasteiger partial charge < -0.3 is 24.1 Å². The second-order valence-corrected chi connectivity index (χ2v) is 6.94. The lowest BCUT2D eigenvalue weighted by molar-refractivity contribution is -0.123. The first-order valence-corrected chi connectivity index (χ1v) is 10.2. The molecule has 0 radical (unpaired) electrons. The van der Waals surface area contributed by atoms with E-state index in [0.29, 0.717) is 34.1 Å². The van der Waals surface area contributed by atoms with Gasteiger partial charge in [0.25, 0.3) is 5.91 Å². The molecule has 0 aliphatic heterocycles. The van der Waals surface area contributed by atoms with Gasteiger partial charge in [-0.15, -0.1) is 0 Å². The molecule has 0 saturated heterocycles. The van der Waals surface area contributed by atoms with Gasteiger partial charge in [0.05, 0.1) is 26.0 Å². The Morgan fingerprint density at radius 2 is 1.62 bits per heavy atom. The van der Waals surface area contributed by atoms with E-state index < -0.39 is 11.9 Å². The van der Waals surface area contributed by atoms with E-state index in [1.54, 1.807) is 60.7 Å². The molecule has 0 heterocycles. The maximum Gasteiger partial charge on any atom is 0.335 e. The van der Waals surface area contributed by atoms with Crippen molar-refractivity contribution >= 4 is 18.1 Å². The van der Waals surface area contributed by atoms with Crippen molar-refractivity contribution in [1.29, 1.82) is 0 Å². The summed E-state index contributed by atoms with van der Waals surface area (Å²) in [6, 6.07) is 18.7. The average molecular weight is 464 g/mol. The Balaban J connectivity index is 1.54. The SMILES string of the molecule is COc1ccccc1OCC(=O)N/N=C/c1ccc(OCc2cccc(C(=O)O)c2)c(OC)c1. The van der Waals surface area contributed by atoms with Gasteiger partial charge in [-0.25, -0.2) is 10.2 Å². The van der Waals surface area contributed by atoms with Crippen LogP contribution >= 0.6 is 0 Å². The first kappa shape index (κ1) is 24.1. The van der Waals surface area contributed by atoms with E-state index in [9.17, 15) is 9.59 Å². The molecule has 0 fully saturated rings. The second kappa shape index (κ2) is 11.9. The molecule has 2 N–H and O–H groups in total. The van der Waals surface area contributed by atoms with Crippen molar-refractivity contribution in [3.8, 4) is 23.0 Å². The highest BCUT2D eigenvalue weighted by Gasteiger charge is 2.09. The summed E-state index contributed by atoms with van der Waals surface area (Å²) in [6.45, 7) is -0.0515. The third kappa shape index (κ3) is 6.73. The number of carboxylic acid groups (broad SMARTS) is 1. The number of benzene rings is 3. The van der Waals surface area contributed by atoms with E-state index in [2.05, 4.69) is 10.5 Å². The van der Waals surface area contributed by atoms with Crippen LogP contribution in [0.3, 0.4) is 0 Å². The van der Waals surface area contributed by atoms with Gasteiger partial charge in [0.1, 0.15) is 6.61 Å². The number of carbonyl (C=O) groups is 2. The normalized spacial score (nSPS) is 10.5. The van der Waals surface area contributed by atoms with Crippen LogP contribution in [0.25, 0.3) is 0 Å². The van der Waals surface area contributed by atoms with E-state index in [-0.39, 0.29) is 18.8 Å². The number of hydrogen-bond donors (Lipinski definition) is 2. The molecule has 0 atom stereocenters. The highest BCUT2D eigenvalue weighted by Crippen LogP contribution is 2.28. The number of nitrogens with zero attached hydrogens (tertiary/aromatic N) is 1. The molecular weight excluding hydrogens is 440 g/mol. The van der Waals surface area contributed by atoms with Gasteiger partial charge in [0.2, 0.25) is 0 Å². The minimum absolute atomic E-state index is 0.174. The fourth-order valence-corrected chi connectivity index (χ4v) is 2.93. The monoisotopic (exact) mass is 464 g/mol. The van der Waals surface area contributed by atoms with Crippen LogP contribution in [0.1, 0.15) is 21.5 Å². The Morgan fingerprint density at radius 3 is 2.35 bits per heavy atom. The zero-order valence-corrected chi connectivity index (χ0v) is 18.7. The van der Waals surface area contributed by atoms with Crippen LogP contribution in [0.5, 0.6) is 23.0 Å². The molecule has 0 unspecified atom stereocenters. The van der Waals surface area contributed by atoms with Gasteiger partial charge in [0.15, 0.2) is 29.6 Å². The number of carbonyl (C=O) groups excluding carboxylic acids is 1. The van der Waals surface area contributed by atoms with E-state index in [1.165, 1.54) is 26.5 Å². The Morgan fingerprint density at radius 1 is 0.882 bits per heavy atom. The Kier molecular flexibility index (Phi) is 8.45. The van der Waals surface area contributed by atoms with Gasteiger partial charge in [-0.2, -0.15) is 5.10 Å². The Hall–Kier alpha value is -4.53. The molecule has 0 spiro atoms. The predicted octanol–water partition coefficient (Wildman–Crippen LogP) is 3.51. The zero-order chi connectivity index (χ0) is 24.3. The maximum atomic E-state index is 12.0. The van der Waals surface area contributed by atoms with Gasteiger partial charge in [0, 0.05) is 0 Å². The number of nitrogens with one attached hydrogen (secondary N) is 1. The highest BCUT2D eigenvalue weighted by atomic mass is 16.5. The number of para-hydroxylation sites is 2. The van der Waals surface area contributed by atoms with Crippen molar-refractivity contribution in [1.82, 2.24) is 5.43 Å². The summed E-state index contributed by atoms with van der Waals surface area (Å²) in [5.41, 5.74) is 3.97. The first-order valence-electron chi connectivity index (χ1n) is 10.2. The zero-order valence-electron chi connectivity index (χ0n) is 18.7. The van der Waals surface area contributed by atoms with Crippen molar-refractivity contribution < 1.29 is 33.6 Å². The lowest BCUT2D eigenvalue weighted by Gasteiger charge is -2.11. The van der Waals surface area contributed by atoms with Crippen molar-refractivity contribution in [3.05, 3.63) is 83.4 Å². The quantitative estimate of drug-likeness (QED) is 0.330. The molecule has 176 valence electrons. The number of amides is 1.